The molecule has 4 heterocycles. The average Bonchev–Trinajstić information content (AvgIpc) is 3.82. The molecule has 0 spiro atoms. The van der Waals surface area contributed by atoms with Gasteiger partial charge in [-0.05, 0) is 78.4 Å². The Labute approximate surface area is 280 Å². The van der Waals surface area contributed by atoms with Crippen molar-refractivity contribution in [3.05, 3.63) is 164 Å². The van der Waals surface area contributed by atoms with E-state index in [0.29, 0.717) is 0 Å². The van der Waals surface area contributed by atoms with Crippen molar-refractivity contribution in [3.8, 4) is 22.5 Å². The first-order valence-corrected chi connectivity index (χ1v) is 16.6. The summed E-state index contributed by atoms with van der Waals surface area (Å²) in [6.45, 7) is 0. The van der Waals surface area contributed by atoms with E-state index in [0.717, 1.165) is 66.4 Å². The van der Waals surface area contributed by atoms with Crippen molar-refractivity contribution in [2.75, 3.05) is 0 Å². The van der Waals surface area contributed by atoms with Crippen LogP contribution in [-0.2, 0) is 0 Å². The highest BCUT2D eigenvalue weighted by molar-refractivity contribution is 6.16. The molecule has 4 heteroatoms. The second-order valence-corrected chi connectivity index (χ2v) is 12.7. The van der Waals surface area contributed by atoms with E-state index in [1.54, 1.807) is 0 Å². The van der Waals surface area contributed by atoms with Gasteiger partial charge in [-0.1, -0.05) is 84.9 Å². The van der Waals surface area contributed by atoms with Gasteiger partial charge in [0.1, 0.15) is 11.2 Å². The zero-order valence-electron chi connectivity index (χ0n) is 26.3. The van der Waals surface area contributed by atoms with Crippen molar-refractivity contribution >= 4 is 76.5 Å². The number of nitrogens with zero attached hydrogens (tertiary/aromatic N) is 3. The van der Waals surface area contributed by atoms with Crippen LogP contribution >= 0.6 is 0 Å². The molecule has 0 saturated carbocycles. The zero-order chi connectivity index (χ0) is 32.1. The van der Waals surface area contributed by atoms with Crippen LogP contribution in [0.15, 0.2) is 168 Å². The fourth-order valence-corrected chi connectivity index (χ4v) is 8.10. The maximum absolute atomic E-state index is 6.80. The lowest BCUT2D eigenvalue weighted by atomic mass is 9.98. The first-order chi connectivity index (χ1) is 24.3. The number of para-hydroxylation sites is 4. The molecule has 0 radical (unpaired) electrons. The average molecular weight is 626 g/mol. The third-order valence-electron chi connectivity index (χ3n) is 10.2. The van der Waals surface area contributed by atoms with Gasteiger partial charge in [0.15, 0.2) is 0 Å². The van der Waals surface area contributed by atoms with Gasteiger partial charge < -0.3 is 13.6 Å². The highest BCUT2D eigenvalue weighted by atomic mass is 16.3. The summed E-state index contributed by atoms with van der Waals surface area (Å²) < 4.78 is 11.6. The summed E-state index contributed by atoms with van der Waals surface area (Å²) in [6.07, 6.45) is 1.86. The minimum atomic E-state index is 0.889. The van der Waals surface area contributed by atoms with E-state index in [1.807, 2.05) is 18.3 Å². The Bertz CT molecular complexity index is 3060. The molecule has 11 rings (SSSR count). The normalized spacial score (nSPS) is 12.1. The van der Waals surface area contributed by atoms with Gasteiger partial charge in [0, 0.05) is 49.5 Å². The lowest BCUT2D eigenvalue weighted by Crippen LogP contribution is -1.98. The van der Waals surface area contributed by atoms with Gasteiger partial charge in [0.25, 0.3) is 0 Å². The summed E-state index contributed by atoms with van der Waals surface area (Å²) in [4.78, 5) is 4.66. The Morgan fingerprint density at radius 2 is 1.02 bits per heavy atom. The summed E-state index contributed by atoms with van der Waals surface area (Å²) in [5.41, 5.74) is 11.8. The Morgan fingerprint density at radius 3 is 1.78 bits per heavy atom. The molecule has 0 unspecified atom stereocenters. The van der Waals surface area contributed by atoms with Crippen molar-refractivity contribution in [2.24, 2.45) is 0 Å². The minimum Gasteiger partial charge on any atom is -0.455 e. The fourth-order valence-electron chi connectivity index (χ4n) is 8.10. The topological polar surface area (TPSA) is 35.9 Å². The number of fused-ring (bicyclic) bond motifs is 10. The zero-order valence-corrected chi connectivity index (χ0v) is 26.3. The Balaban J connectivity index is 1.27. The number of furan rings is 1. The highest BCUT2D eigenvalue weighted by Gasteiger charge is 2.22. The second-order valence-electron chi connectivity index (χ2n) is 12.7. The molecule has 49 heavy (non-hydrogen) atoms. The molecule has 4 aromatic heterocycles. The van der Waals surface area contributed by atoms with Crippen molar-refractivity contribution in [1.82, 2.24) is 14.1 Å². The number of benzene rings is 7. The van der Waals surface area contributed by atoms with E-state index in [2.05, 4.69) is 160 Å². The van der Waals surface area contributed by atoms with Gasteiger partial charge in [-0.25, -0.2) is 0 Å². The van der Waals surface area contributed by atoms with E-state index in [1.165, 1.54) is 32.6 Å². The molecule has 7 aromatic carbocycles. The maximum atomic E-state index is 6.80. The Morgan fingerprint density at radius 1 is 0.408 bits per heavy atom. The van der Waals surface area contributed by atoms with Crippen LogP contribution in [0.1, 0.15) is 0 Å². The first-order valence-electron chi connectivity index (χ1n) is 16.6. The van der Waals surface area contributed by atoms with Crippen molar-refractivity contribution in [2.45, 2.75) is 0 Å². The minimum absolute atomic E-state index is 0.889. The molecule has 0 amide bonds. The van der Waals surface area contributed by atoms with E-state index >= 15 is 0 Å². The van der Waals surface area contributed by atoms with Crippen LogP contribution in [0.3, 0.4) is 0 Å². The molecule has 0 saturated heterocycles. The predicted octanol–water partition coefficient (Wildman–Crippen LogP) is 12.0. The smallest absolute Gasteiger partial charge is 0.145 e. The van der Waals surface area contributed by atoms with Crippen LogP contribution in [0.4, 0.5) is 0 Å². The summed E-state index contributed by atoms with van der Waals surface area (Å²) in [6, 6.07) is 56.4. The summed E-state index contributed by atoms with van der Waals surface area (Å²) in [5, 5.41) is 8.22. The molecule has 0 fully saturated rings. The summed E-state index contributed by atoms with van der Waals surface area (Å²) >= 11 is 0. The monoisotopic (exact) mass is 625 g/mol. The van der Waals surface area contributed by atoms with Crippen LogP contribution in [0, 0.1) is 0 Å². The number of rotatable bonds is 3. The van der Waals surface area contributed by atoms with Crippen molar-refractivity contribution < 1.29 is 4.42 Å². The predicted molar refractivity (Wildman–Crippen MR) is 203 cm³/mol. The Kier molecular flexibility index (Phi) is 5.35. The SMILES string of the molecule is c1cc(-n2c3ccccc3c3cc(-c4c(-n5c6ccccc6c6ccccc65)ccc5c4oc4ccccc45)ccc32)c2cccnc2c1. The maximum Gasteiger partial charge on any atom is 0.145 e. The fraction of sp³-hybridized carbons (Fsp3) is 0. The van der Waals surface area contributed by atoms with E-state index in [4.69, 9.17) is 4.42 Å². The number of aromatic nitrogens is 3. The van der Waals surface area contributed by atoms with Crippen molar-refractivity contribution in [3.63, 3.8) is 0 Å². The van der Waals surface area contributed by atoms with Gasteiger partial charge in [-0.3, -0.25) is 4.98 Å². The standard InChI is InChI=1S/C45H27N3O/c1-5-17-37-29(11-1)30-12-2-6-18-38(30)48(37)42-25-23-33-32-14-4-8-21-43(32)49-45(33)44(42)28-22-24-41-35(27-28)31-13-3-7-19-39(31)47(41)40-20-9-16-36-34(40)15-10-26-46-36/h1-27H. The van der Waals surface area contributed by atoms with Crippen LogP contribution in [0.2, 0.25) is 0 Å². The van der Waals surface area contributed by atoms with Crippen LogP contribution in [0.5, 0.6) is 0 Å². The summed E-state index contributed by atoms with van der Waals surface area (Å²) in [7, 11) is 0. The third-order valence-corrected chi connectivity index (χ3v) is 10.2. The molecular weight excluding hydrogens is 599 g/mol. The molecule has 0 atom stereocenters. The van der Waals surface area contributed by atoms with E-state index in [-0.39, 0.29) is 0 Å². The summed E-state index contributed by atoms with van der Waals surface area (Å²) in [5.74, 6) is 0. The quantitative estimate of drug-likeness (QED) is 0.196. The van der Waals surface area contributed by atoms with Gasteiger partial charge in [0.05, 0.1) is 39.0 Å². The lowest BCUT2D eigenvalue weighted by Gasteiger charge is -2.15. The molecule has 0 N–H and O–H groups in total. The second kappa shape index (κ2) is 9.93. The highest BCUT2D eigenvalue weighted by Crippen LogP contribution is 2.44. The van der Waals surface area contributed by atoms with Crippen molar-refractivity contribution in [1.29, 1.82) is 0 Å². The number of hydrogen-bond acceptors (Lipinski definition) is 2. The molecule has 228 valence electrons. The molecule has 0 aliphatic carbocycles. The van der Waals surface area contributed by atoms with Crippen LogP contribution < -0.4 is 0 Å². The third kappa shape index (κ3) is 3.66. The molecule has 0 bridgehead atoms. The lowest BCUT2D eigenvalue weighted by molar-refractivity contribution is 0.670. The largest absolute Gasteiger partial charge is 0.455 e. The van der Waals surface area contributed by atoms with Crippen LogP contribution in [0.25, 0.3) is 99.0 Å². The molecule has 4 nitrogen and oxygen atoms in total. The van der Waals surface area contributed by atoms with Crippen LogP contribution in [-0.4, -0.2) is 14.1 Å². The van der Waals surface area contributed by atoms with Gasteiger partial charge >= 0.3 is 0 Å². The molecular formula is C45H27N3O. The molecule has 0 aliphatic heterocycles. The number of pyridine rings is 1. The van der Waals surface area contributed by atoms with Gasteiger partial charge in [-0.15, -0.1) is 0 Å². The Hall–Kier alpha value is -6.65. The van der Waals surface area contributed by atoms with E-state index in [9.17, 15) is 0 Å². The molecule has 11 aromatic rings. The molecule has 0 aliphatic rings. The first kappa shape index (κ1) is 26.4. The van der Waals surface area contributed by atoms with E-state index < -0.39 is 0 Å². The van der Waals surface area contributed by atoms with Gasteiger partial charge in [0.2, 0.25) is 0 Å². The van der Waals surface area contributed by atoms with Gasteiger partial charge in [-0.2, -0.15) is 0 Å². The number of hydrogen-bond donors (Lipinski definition) is 0.